The van der Waals surface area contributed by atoms with E-state index >= 15 is 0 Å². The third kappa shape index (κ3) is 3.90. The minimum atomic E-state index is 0.0146. The Morgan fingerprint density at radius 2 is 1.96 bits per heavy atom. The van der Waals surface area contributed by atoms with Gasteiger partial charge in [-0.05, 0) is 29.7 Å². The summed E-state index contributed by atoms with van der Waals surface area (Å²) in [4.78, 5) is 14.4. The monoisotopic (exact) mass is 370 g/mol. The molecule has 0 aromatic heterocycles. The van der Waals surface area contributed by atoms with Gasteiger partial charge in [0.1, 0.15) is 0 Å². The lowest BCUT2D eigenvalue weighted by atomic mass is 10.1. The number of ether oxygens (including phenoxy) is 2. The van der Waals surface area contributed by atoms with Gasteiger partial charge in [-0.1, -0.05) is 36.4 Å². The van der Waals surface area contributed by atoms with Crippen molar-refractivity contribution < 1.29 is 14.3 Å². The zero-order valence-corrected chi connectivity index (χ0v) is 15.3. The quantitative estimate of drug-likeness (QED) is 0.893. The predicted molar refractivity (Wildman–Crippen MR) is 103 cm³/mol. The average Bonchev–Trinajstić information content (AvgIpc) is 3.01. The van der Waals surface area contributed by atoms with Gasteiger partial charge in [-0.15, -0.1) is 0 Å². The van der Waals surface area contributed by atoms with Crippen LogP contribution in [0.25, 0.3) is 0 Å². The molecule has 0 aliphatic carbocycles. The first-order valence-electron chi connectivity index (χ1n) is 8.87. The Morgan fingerprint density at radius 1 is 1.12 bits per heavy atom. The van der Waals surface area contributed by atoms with Crippen molar-refractivity contribution in [2.75, 3.05) is 25.6 Å². The maximum absolute atomic E-state index is 12.5. The van der Waals surface area contributed by atoms with Crippen LogP contribution in [-0.2, 0) is 6.54 Å². The van der Waals surface area contributed by atoms with Crippen LogP contribution in [0.4, 0.5) is 4.79 Å². The molecule has 1 saturated heterocycles. The smallest absolute Gasteiger partial charge is 0.317 e. The van der Waals surface area contributed by atoms with E-state index in [1.165, 1.54) is 5.56 Å². The highest BCUT2D eigenvalue weighted by atomic mass is 32.2. The Morgan fingerprint density at radius 3 is 2.85 bits per heavy atom. The molecule has 2 aromatic rings. The van der Waals surface area contributed by atoms with Crippen molar-refractivity contribution in [3.8, 4) is 11.5 Å². The molecule has 2 amide bonds. The van der Waals surface area contributed by atoms with Gasteiger partial charge in [0.05, 0.1) is 0 Å². The van der Waals surface area contributed by atoms with Crippen LogP contribution in [0, 0.1) is 0 Å². The van der Waals surface area contributed by atoms with Crippen LogP contribution in [0.3, 0.4) is 0 Å². The lowest BCUT2D eigenvalue weighted by Crippen LogP contribution is -2.40. The molecule has 0 saturated carbocycles. The number of thioether (sulfide) groups is 1. The van der Waals surface area contributed by atoms with Gasteiger partial charge in [-0.3, -0.25) is 0 Å². The molecular weight excluding hydrogens is 348 g/mol. The fourth-order valence-electron chi connectivity index (χ4n) is 3.24. The summed E-state index contributed by atoms with van der Waals surface area (Å²) in [6, 6.07) is 16.2. The first-order chi connectivity index (χ1) is 12.8. The lowest BCUT2D eigenvalue weighted by Gasteiger charge is -2.21. The largest absolute Gasteiger partial charge is 0.454 e. The second kappa shape index (κ2) is 7.91. The molecule has 26 heavy (non-hydrogen) atoms. The van der Waals surface area contributed by atoms with Crippen LogP contribution >= 0.6 is 11.8 Å². The van der Waals surface area contributed by atoms with Gasteiger partial charge < -0.3 is 19.7 Å². The fraction of sp³-hybridized carbons (Fsp3) is 0.350. The standard InChI is InChI=1S/C20H22N2O3S/c23-20(21-13-15-4-2-1-3-5-15)22-9-8-19(26-11-10-22)16-6-7-17-18(12-16)25-14-24-17/h1-7,12,19H,8-11,13-14H2,(H,21,23)/t19-/m0/s1. The molecule has 2 heterocycles. The van der Waals surface area contributed by atoms with E-state index < -0.39 is 0 Å². The van der Waals surface area contributed by atoms with Gasteiger partial charge >= 0.3 is 6.03 Å². The van der Waals surface area contributed by atoms with Crippen molar-refractivity contribution in [3.05, 3.63) is 59.7 Å². The summed E-state index contributed by atoms with van der Waals surface area (Å²) in [7, 11) is 0. The van der Waals surface area contributed by atoms with E-state index in [0.717, 1.165) is 42.3 Å². The van der Waals surface area contributed by atoms with Crippen molar-refractivity contribution in [1.29, 1.82) is 0 Å². The number of nitrogens with one attached hydrogen (secondary N) is 1. The normalized spacial score (nSPS) is 19.1. The fourth-order valence-corrected chi connectivity index (χ4v) is 4.46. The number of carbonyl (C=O) groups is 1. The number of benzene rings is 2. The number of urea groups is 1. The molecule has 136 valence electrons. The highest BCUT2D eigenvalue weighted by Crippen LogP contribution is 2.40. The van der Waals surface area contributed by atoms with E-state index in [4.69, 9.17) is 9.47 Å². The molecule has 1 atom stereocenters. The maximum Gasteiger partial charge on any atom is 0.317 e. The summed E-state index contributed by atoms with van der Waals surface area (Å²) in [6.45, 7) is 2.39. The van der Waals surface area contributed by atoms with Gasteiger partial charge in [-0.2, -0.15) is 11.8 Å². The summed E-state index contributed by atoms with van der Waals surface area (Å²) in [5.41, 5.74) is 2.36. The number of hydrogen-bond donors (Lipinski definition) is 1. The molecule has 1 fully saturated rings. The Hall–Kier alpha value is -2.34. The molecule has 2 aromatic carbocycles. The molecule has 6 heteroatoms. The van der Waals surface area contributed by atoms with E-state index in [-0.39, 0.29) is 6.03 Å². The Kier molecular flexibility index (Phi) is 5.20. The minimum absolute atomic E-state index is 0.0146. The van der Waals surface area contributed by atoms with Crippen molar-refractivity contribution in [2.45, 2.75) is 18.2 Å². The Labute approximate surface area is 157 Å². The summed E-state index contributed by atoms with van der Waals surface area (Å²) in [6.07, 6.45) is 0.934. The second-order valence-corrected chi connectivity index (χ2v) is 7.70. The molecule has 0 radical (unpaired) electrons. The third-order valence-corrected chi connectivity index (χ3v) is 6.01. The molecule has 5 nitrogen and oxygen atoms in total. The van der Waals surface area contributed by atoms with E-state index in [1.807, 2.05) is 53.1 Å². The number of carbonyl (C=O) groups excluding carboxylic acids is 1. The summed E-state index contributed by atoms with van der Waals surface area (Å²) in [5.74, 6) is 2.57. The number of hydrogen-bond acceptors (Lipinski definition) is 4. The van der Waals surface area contributed by atoms with E-state index in [1.54, 1.807) is 0 Å². The summed E-state index contributed by atoms with van der Waals surface area (Å²) in [5, 5.41) is 3.40. The van der Waals surface area contributed by atoms with Crippen molar-refractivity contribution in [3.63, 3.8) is 0 Å². The number of rotatable bonds is 3. The van der Waals surface area contributed by atoms with Crippen LogP contribution in [0.2, 0.25) is 0 Å². The van der Waals surface area contributed by atoms with Crippen molar-refractivity contribution in [2.24, 2.45) is 0 Å². The zero-order chi connectivity index (χ0) is 17.8. The predicted octanol–water partition coefficient (Wildman–Crippen LogP) is 3.81. The molecular formula is C20H22N2O3S. The maximum atomic E-state index is 12.5. The van der Waals surface area contributed by atoms with Crippen molar-refractivity contribution >= 4 is 17.8 Å². The van der Waals surface area contributed by atoms with Gasteiger partial charge in [0.2, 0.25) is 6.79 Å². The first kappa shape index (κ1) is 17.1. The van der Waals surface area contributed by atoms with Crippen LogP contribution in [0.1, 0.15) is 22.8 Å². The molecule has 0 unspecified atom stereocenters. The van der Waals surface area contributed by atoms with Gasteiger partial charge in [-0.25, -0.2) is 4.79 Å². The van der Waals surface area contributed by atoms with Gasteiger partial charge in [0.15, 0.2) is 11.5 Å². The molecule has 1 N–H and O–H groups in total. The van der Waals surface area contributed by atoms with E-state index in [0.29, 0.717) is 18.6 Å². The SMILES string of the molecule is O=C(NCc1ccccc1)N1CCS[C@H](c2ccc3c(c2)OCO3)CC1. The van der Waals surface area contributed by atoms with E-state index in [2.05, 4.69) is 17.4 Å². The first-order valence-corrected chi connectivity index (χ1v) is 9.92. The van der Waals surface area contributed by atoms with Gasteiger partial charge in [0, 0.05) is 30.6 Å². The molecule has 4 rings (SSSR count). The number of amides is 2. The number of fused-ring (bicyclic) bond motifs is 1. The van der Waals surface area contributed by atoms with Crippen LogP contribution in [0.15, 0.2) is 48.5 Å². The minimum Gasteiger partial charge on any atom is -0.454 e. The highest BCUT2D eigenvalue weighted by Gasteiger charge is 2.23. The summed E-state index contributed by atoms with van der Waals surface area (Å²) < 4.78 is 10.9. The number of nitrogens with zero attached hydrogens (tertiary/aromatic N) is 1. The van der Waals surface area contributed by atoms with Gasteiger partial charge in [0.25, 0.3) is 0 Å². The van der Waals surface area contributed by atoms with Crippen LogP contribution < -0.4 is 14.8 Å². The lowest BCUT2D eigenvalue weighted by molar-refractivity contribution is 0.174. The topological polar surface area (TPSA) is 50.8 Å². The molecule has 0 spiro atoms. The van der Waals surface area contributed by atoms with Crippen LogP contribution in [0.5, 0.6) is 11.5 Å². The third-order valence-electron chi connectivity index (χ3n) is 4.68. The highest BCUT2D eigenvalue weighted by molar-refractivity contribution is 7.99. The molecule has 2 aliphatic rings. The zero-order valence-electron chi connectivity index (χ0n) is 14.5. The average molecular weight is 370 g/mol. The Balaban J connectivity index is 1.33. The molecule has 0 bridgehead atoms. The molecule has 2 aliphatic heterocycles. The second-order valence-electron chi connectivity index (χ2n) is 6.39. The Bertz CT molecular complexity index is 769. The van der Waals surface area contributed by atoms with E-state index in [9.17, 15) is 4.79 Å². The van der Waals surface area contributed by atoms with Crippen molar-refractivity contribution in [1.82, 2.24) is 10.2 Å². The summed E-state index contributed by atoms with van der Waals surface area (Å²) >= 11 is 1.90. The van der Waals surface area contributed by atoms with Crippen LogP contribution in [-0.4, -0.2) is 36.6 Å².